The van der Waals surface area contributed by atoms with E-state index in [2.05, 4.69) is 32.2 Å². The zero-order valence-electron chi connectivity index (χ0n) is 18.9. The summed E-state index contributed by atoms with van der Waals surface area (Å²) in [7, 11) is 2.14. The van der Waals surface area contributed by atoms with E-state index in [-0.39, 0.29) is 18.0 Å². The van der Waals surface area contributed by atoms with E-state index in [0.29, 0.717) is 17.3 Å². The maximum atomic E-state index is 13.1. The van der Waals surface area contributed by atoms with Crippen molar-refractivity contribution in [1.82, 2.24) is 24.8 Å². The van der Waals surface area contributed by atoms with Crippen LogP contribution in [0.2, 0.25) is 0 Å². The van der Waals surface area contributed by atoms with Crippen LogP contribution in [0.25, 0.3) is 22.2 Å². The molecule has 5 rings (SSSR count). The Bertz CT molecular complexity index is 1320. The molecule has 1 aliphatic rings. The van der Waals surface area contributed by atoms with Gasteiger partial charge in [-0.05, 0) is 69.4 Å². The Morgan fingerprint density at radius 3 is 2.65 bits per heavy atom. The number of anilines is 1. The molecule has 1 saturated heterocycles. The number of likely N-dealkylation sites (tertiary alicyclic amines) is 1. The van der Waals surface area contributed by atoms with Gasteiger partial charge in [-0.1, -0.05) is 0 Å². The molecule has 34 heavy (non-hydrogen) atoms. The van der Waals surface area contributed by atoms with E-state index in [4.69, 9.17) is 4.98 Å². The number of nitrogens with zero attached hydrogens (tertiary/aromatic N) is 5. The summed E-state index contributed by atoms with van der Waals surface area (Å²) in [6, 6.07) is 9.79. The second-order valence-corrected chi connectivity index (χ2v) is 8.71. The molecular formula is C26H25FN6O. The lowest BCUT2D eigenvalue weighted by Gasteiger charge is -2.29. The minimum Gasteiger partial charge on any atom is -0.366 e. The average molecular weight is 457 g/mol. The van der Waals surface area contributed by atoms with Crippen LogP contribution in [-0.2, 0) is 6.42 Å². The number of hydrogen-bond donors (Lipinski definition) is 1. The second kappa shape index (κ2) is 9.61. The Labute approximate surface area is 197 Å². The maximum absolute atomic E-state index is 13.1. The summed E-state index contributed by atoms with van der Waals surface area (Å²) in [6.45, 7) is 2.14. The number of Topliss-reactive ketones (excluding diaryl/α,β-unsaturated/α-hetero) is 1. The van der Waals surface area contributed by atoms with Crippen molar-refractivity contribution in [3.05, 3.63) is 78.3 Å². The SMILES string of the molecule is CN1CCC(Nc2cncc(-c3cnc4cnc(CC(=O)c5ccc(F)cc5)cc4c3)n2)CC1. The van der Waals surface area contributed by atoms with Gasteiger partial charge in [-0.15, -0.1) is 0 Å². The fourth-order valence-corrected chi connectivity index (χ4v) is 4.15. The largest absolute Gasteiger partial charge is 0.366 e. The van der Waals surface area contributed by atoms with E-state index < -0.39 is 0 Å². The monoisotopic (exact) mass is 456 g/mol. The molecule has 1 fully saturated rings. The Balaban J connectivity index is 1.35. The zero-order chi connectivity index (χ0) is 23.5. The van der Waals surface area contributed by atoms with Crippen LogP contribution >= 0.6 is 0 Å². The molecule has 1 aromatic carbocycles. The van der Waals surface area contributed by atoms with Crippen molar-refractivity contribution in [3.8, 4) is 11.3 Å². The number of carbonyl (C=O) groups excluding carboxylic acids is 1. The quantitative estimate of drug-likeness (QED) is 0.436. The number of pyridine rings is 2. The number of hydrogen-bond acceptors (Lipinski definition) is 7. The molecule has 0 saturated carbocycles. The van der Waals surface area contributed by atoms with Crippen molar-refractivity contribution in [2.45, 2.75) is 25.3 Å². The van der Waals surface area contributed by atoms with Crippen LogP contribution in [0, 0.1) is 5.82 Å². The molecule has 0 unspecified atom stereocenters. The van der Waals surface area contributed by atoms with E-state index in [1.165, 1.54) is 24.3 Å². The number of aromatic nitrogens is 4. The molecule has 3 aromatic heterocycles. The summed E-state index contributed by atoms with van der Waals surface area (Å²) in [4.78, 5) is 32.9. The van der Waals surface area contributed by atoms with Crippen LogP contribution in [-0.4, -0.2) is 56.8 Å². The fourth-order valence-electron chi connectivity index (χ4n) is 4.15. The molecule has 4 heterocycles. The normalized spacial score (nSPS) is 14.9. The van der Waals surface area contributed by atoms with Crippen LogP contribution in [0.4, 0.5) is 10.2 Å². The van der Waals surface area contributed by atoms with Crippen LogP contribution < -0.4 is 5.32 Å². The summed E-state index contributed by atoms with van der Waals surface area (Å²) in [6.07, 6.45) is 9.18. The van der Waals surface area contributed by atoms with Gasteiger partial charge in [0.1, 0.15) is 11.6 Å². The zero-order valence-corrected chi connectivity index (χ0v) is 18.9. The van der Waals surface area contributed by atoms with Crippen molar-refractivity contribution >= 4 is 22.5 Å². The fraction of sp³-hybridized carbons (Fsp3) is 0.269. The van der Waals surface area contributed by atoms with E-state index in [0.717, 1.165) is 53.9 Å². The lowest BCUT2D eigenvalue weighted by molar-refractivity contribution is 0.0992. The van der Waals surface area contributed by atoms with Gasteiger partial charge in [0, 0.05) is 34.4 Å². The van der Waals surface area contributed by atoms with E-state index >= 15 is 0 Å². The van der Waals surface area contributed by atoms with Crippen molar-refractivity contribution in [3.63, 3.8) is 0 Å². The summed E-state index contributed by atoms with van der Waals surface area (Å²) >= 11 is 0. The molecule has 4 aromatic rings. The van der Waals surface area contributed by atoms with Gasteiger partial charge < -0.3 is 10.2 Å². The first-order valence-electron chi connectivity index (χ1n) is 11.3. The molecule has 0 spiro atoms. The smallest absolute Gasteiger partial charge is 0.168 e. The second-order valence-electron chi connectivity index (χ2n) is 8.71. The van der Waals surface area contributed by atoms with Gasteiger partial charge in [-0.25, -0.2) is 9.37 Å². The molecule has 0 aliphatic carbocycles. The molecule has 0 radical (unpaired) electrons. The number of piperidine rings is 1. The molecule has 0 amide bonds. The molecule has 8 heteroatoms. The highest BCUT2D eigenvalue weighted by Gasteiger charge is 2.17. The summed E-state index contributed by atoms with van der Waals surface area (Å²) in [5.74, 6) is 0.273. The predicted octanol–water partition coefficient (Wildman–Crippen LogP) is 4.16. The molecule has 0 bridgehead atoms. The van der Waals surface area contributed by atoms with Gasteiger partial charge in [0.15, 0.2) is 5.78 Å². The predicted molar refractivity (Wildman–Crippen MR) is 129 cm³/mol. The highest BCUT2D eigenvalue weighted by Crippen LogP contribution is 2.23. The topological polar surface area (TPSA) is 83.9 Å². The van der Waals surface area contributed by atoms with Crippen LogP contribution in [0.5, 0.6) is 0 Å². The first kappa shape index (κ1) is 22.0. The third kappa shape index (κ3) is 5.07. The Hall–Kier alpha value is -3.78. The molecule has 1 aliphatic heterocycles. The standard InChI is InChI=1S/C26H25FN6O/c1-33-8-6-21(7-9-33)31-26-16-28-14-24(32-26)19-10-18-11-22(29-15-23(18)30-13-19)12-25(34)17-2-4-20(27)5-3-17/h2-5,10-11,13-16,21H,6-9,12H2,1H3,(H,31,32). The van der Waals surface area contributed by atoms with Gasteiger partial charge in [0.2, 0.25) is 0 Å². The van der Waals surface area contributed by atoms with Crippen molar-refractivity contribution in [1.29, 1.82) is 0 Å². The van der Waals surface area contributed by atoms with Gasteiger partial charge in [-0.2, -0.15) is 0 Å². The van der Waals surface area contributed by atoms with Gasteiger partial charge in [-0.3, -0.25) is 19.7 Å². The Kier molecular flexibility index (Phi) is 6.22. The third-order valence-electron chi connectivity index (χ3n) is 6.13. The lowest BCUT2D eigenvalue weighted by Crippen LogP contribution is -2.36. The molecule has 0 atom stereocenters. The summed E-state index contributed by atoms with van der Waals surface area (Å²) < 4.78 is 13.1. The summed E-state index contributed by atoms with van der Waals surface area (Å²) in [5, 5.41) is 4.37. The number of nitrogens with one attached hydrogen (secondary N) is 1. The molecule has 1 N–H and O–H groups in total. The number of halogens is 1. The Morgan fingerprint density at radius 2 is 1.85 bits per heavy atom. The highest BCUT2D eigenvalue weighted by molar-refractivity contribution is 5.97. The van der Waals surface area contributed by atoms with E-state index in [1.54, 1.807) is 24.8 Å². The molecule has 172 valence electrons. The van der Waals surface area contributed by atoms with Gasteiger partial charge in [0.05, 0.1) is 36.2 Å². The van der Waals surface area contributed by atoms with Crippen molar-refractivity contribution in [2.24, 2.45) is 0 Å². The van der Waals surface area contributed by atoms with E-state index in [9.17, 15) is 9.18 Å². The van der Waals surface area contributed by atoms with E-state index in [1.807, 2.05) is 12.1 Å². The molecular weight excluding hydrogens is 431 g/mol. The minimum absolute atomic E-state index is 0.116. The maximum Gasteiger partial charge on any atom is 0.168 e. The summed E-state index contributed by atoms with van der Waals surface area (Å²) in [5.41, 5.74) is 3.39. The highest BCUT2D eigenvalue weighted by atomic mass is 19.1. The van der Waals surface area contributed by atoms with Crippen LogP contribution in [0.1, 0.15) is 28.9 Å². The number of fused-ring (bicyclic) bond motifs is 1. The van der Waals surface area contributed by atoms with Crippen molar-refractivity contribution in [2.75, 3.05) is 25.5 Å². The number of benzene rings is 1. The third-order valence-corrected chi connectivity index (χ3v) is 6.13. The number of rotatable bonds is 6. The average Bonchev–Trinajstić information content (AvgIpc) is 2.85. The van der Waals surface area contributed by atoms with Gasteiger partial charge >= 0.3 is 0 Å². The van der Waals surface area contributed by atoms with Crippen LogP contribution in [0.3, 0.4) is 0 Å². The first-order chi connectivity index (χ1) is 16.5. The Morgan fingerprint density at radius 1 is 1.06 bits per heavy atom. The first-order valence-corrected chi connectivity index (χ1v) is 11.3. The van der Waals surface area contributed by atoms with Crippen molar-refractivity contribution < 1.29 is 9.18 Å². The number of ketones is 1. The lowest BCUT2D eigenvalue weighted by atomic mass is 10.0. The van der Waals surface area contributed by atoms with Crippen LogP contribution in [0.15, 0.2) is 61.2 Å². The minimum atomic E-state index is -0.368. The van der Waals surface area contributed by atoms with Gasteiger partial charge in [0.25, 0.3) is 0 Å². The molecule has 7 nitrogen and oxygen atoms in total. The number of carbonyl (C=O) groups is 1.